The number of anilines is 1. The van der Waals surface area contributed by atoms with Crippen LogP contribution >= 0.6 is 0 Å². The second kappa shape index (κ2) is 5.09. The van der Waals surface area contributed by atoms with Crippen molar-refractivity contribution in [3.8, 4) is 5.75 Å². The third kappa shape index (κ3) is 2.36. The van der Waals surface area contributed by atoms with Crippen LogP contribution in [-0.2, 0) is 7.05 Å². The van der Waals surface area contributed by atoms with Crippen molar-refractivity contribution in [2.75, 3.05) is 5.32 Å². The zero-order valence-corrected chi connectivity index (χ0v) is 11.0. The average Bonchev–Trinajstić information content (AvgIpc) is 2.77. The van der Waals surface area contributed by atoms with E-state index in [0.29, 0.717) is 5.75 Å². The SMILES string of the molecule is Cn1cc(NC(=O)Oc2ccccc2)c2ccccc21. The van der Waals surface area contributed by atoms with Gasteiger partial charge in [-0.1, -0.05) is 36.4 Å². The molecule has 0 unspecified atom stereocenters. The third-order valence-corrected chi connectivity index (χ3v) is 3.09. The normalized spacial score (nSPS) is 10.4. The molecule has 3 rings (SSSR count). The van der Waals surface area contributed by atoms with E-state index in [-0.39, 0.29) is 0 Å². The van der Waals surface area contributed by atoms with Crippen molar-refractivity contribution in [3.05, 3.63) is 60.8 Å². The molecule has 0 atom stereocenters. The molecule has 3 aromatic rings. The monoisotopic (exact) mass is 266 g/mol. The van der Waals surface area contributed by atoms with Gasteiger partial charge in [-0.25, -0.2) is 4.79 Å². The number of aromatic nitrogens is 1. The van der Waals surface area contributed by atoms with Crippen molar-refractivity contribution < 1.29 is 9.53 Å². The summed E-state index contributed by atoms with van der Waals surface area (Å²) < 4.78 is 7.18. The van der Waals surface area contributed by atoms with Crippen LogP contribution in [0.25, 0.3) is 10.9 Å². The van der Waals surface area contributed by atoms with Gasteiger partial charge in [0.1, 0.15) is 5.75 Å². The van der Waals surface area contributed by atoms with Gasteiger partial charge < -0.3 is 9.30 Å². The number of nitrogens with one attached hydrogen (secondary N) is 1. The smallest absolute Gasteiger partial charge is 0.410 e. The van der Waals surface area contributed by atoms with Gasteiger partial charge in [-0.2, -0.15) is 0 Å². The van der Waals surface area contributed by atoms with E-state index in [9.17, 15) is 4.79 Å². The Labute approximate surface area is 116 Å². The van der Waals surface area contributed by atoms with Crippen LogP contribution in [0.4, 0.5) is 10.5 Å². The molecule has 2 aromatic carbocycles. The number of rotatable bonds is 2. The van der Waals surface area contributed by atoms with E-state index >= 15 is 0 Å². The van der Waals surface area contributed by atoms with E-state index in [0.717, 1.165) is 16.6 Å². The highest BCUT2D eigenvalue weighted by atomic mass is 16.6. The molecule has 0 aliphatic rings. The number of para-hydroxylation sites is 2. The van der Waals surface area contributed by atoms with Crippen molar-refractivity contribution in [1.29, 1.82) is 0 Å². The maximum Gasteiger partial charge on any atom is 0.417 e. The Kier molecular flexibility index (Phi) is 3.13. The highest BCUT2D eigenvalue weighted by molar-refractivity contribution is 6.00. The summed E-state index contributed by atoms with van der Waals surface area (Å²) >= 11 is 0. The third-order valence-electron chi connectivity index (χ3n) is 3.09. The largest absolute Gasteiger partial charge is 0.417 e. The summed E-state index contributed by atoms with van der Waals surface area (Å²) in [5.41, 5.74) is 1.80. The van der Waals surface area contributed by atoms with Gasteiger partial charge in [-0.3, -0.25) is 5.32 Å². The summed E-state index contributed by atoms with van der Waals surface area (Å²) in [6, 6.07) is 16.9. The number of fused-ring (bicyclic) bond motifs is 1. The Morgan fingerprint density at radius 3 is 2.55 bits per heavy atom. The molecule has 4 heteroatoms. The zero-order chi connectivity index (χ0) is 13.9. The number of hydrogen-bond acceptors (Lipinski definition) is 2. The molecule has 0 saturated heterocycles. The van der Waals surface area contributed by atoms with Gasteiger partial charge in [0, 0.05) is 24.1 Å². The lowest BCUT2D eigenvalue weighted by atomic mass is 10.2. The Hall–Kier alpha value is -2.75. The maximum absolute atomic E-state index is 11.9. The fourth-order valence-electron chi connectivity index (χ4n) is 2.17. The fraction of sp³-hybridized carbons (Fsp3) is 0.0625. The van der Waals surface area contributed by atoms with E-state index in [1.165, 1.54) is 0 Å². The van der Waals surface area contributed by atoms with E-state index < -0.39 is 6.09 Å². The molecule has 1 N–H and O–H groups in total. The molecular weight excluding hydrogens is 252 g/mol. The molecule has 0 fully saturated rings. The van der Waals surface area contributed by atoms with Gasteiger partial charge >= 0.3 is 6.09 Å². The molecule has 20 heavy (non-hydrogen) atoms. The average molecular weight is 266 g/mol. The van der Waals surface area contributed by atoms with E-state index in [4.69, 9.17) is 4.74 Å². The van der Waals surface area contributed by atoms with Gasteiger partial charge in [-0.05, 0) is 18.2 Å². The van der Waals surface area contributed by atoms with E-state index in [2.05, 4.69) is 5.32 Å². The molecule has 100 valence electrons. The Morgan fingerprint density at radius 2 is 1.75 bits per heavy atom. The minimum atomic E-state index is -0.493. The Balaban J connectivity index is 1.81. The number of benzene rings is 2. The highest BCUT2D eigenvalue weighted by Crippen LogP contribution is 2.25. The van der Waals surface area contributed by atoms with Gasteiger partial charge in [0.05, 0.1) is 5.69 Å². The lowest BCUT2D eigenvalue weighted by Gasteiger charge is -2.05. The van der Waals surface area contributed by atoms with E-state index in [1.54, 1.807) is 12.1 Å². The Morgan fingerprint density at radius 1 is 1.05 bits per heavy atom. The molecule has 4 nitrogen and oxygen atoms in total. The molecule has 1 heterocycles. The quantitative estimate of drug-likeness (QED) is 0.767. The first-order chi connectivity index (χ1) is 9.74. The van der Waals surface area contributed by atoms with Crippen LogP contribution in [0.5, 0.6) is 5.75 Å². The predicted molar refractivity (Wildman–Crippen MR) is 79.0 cm³/mol. The maximum atomic E-state index is 11.9. The molecule has 0 aliphatic heterocycles. The molecule has 0 bridgehead atoms. The highest BCUT2D eigenvalue weighted by Gasteiger charge is 2.10. The van der Waals surface area contributed by atoms with Crippen LogP contribution in [0, 0.1) is 0 Å². The minimum Gasteiger partial charge on any atom is -0.410 e. The van der Waals surface area contributed by atoms with Crippen LogP contribution in [0.1, 0.15) is 0 Å². The van der Waals surface area contributed by atoms with Crippen LogP contribution < -0.4 is 10.1 Å². The lowest BCUT2D eigenvalue weighted by Crippen LogP contribution is -2.16. The standard InChI is InChI=1S/C16H14N2O2/c1-18-11-14(13-9-5-6-10-15(13)18)17-16(19)20-12-7-3-2-4-8-12/h2-11H,1H3,(H,17,19). The van der Waals surface area contributed by atoms with Crippen molar-refractivity contribution in [2.45, 2.75) is 0 Å². The molecule has 0 aliphatic carbocycles. The summed E-state index contributed by atoms with van der Waals surface area (Å²) in [5, 5.41) is 3.76. The number of ether oxygens (including phenoxy) is 1. The number of nitrogens with zero attached hydrogens (tertiary/aromatic N) is 1. The summed E-state index contributed by atoms with van der Waals surface area (Å²) in [7, 11) is 1.94. The number of carbonyl (C=O) groups excluding carboxylic acids is 1. The zero-order valence-electron chi connectivity index (χ0n) is 11.0. The second-order valence-corrected chi connectivity index (χ2v) is 4.50. The molecule has 1 aromatic heterocycles. The second-order valence-electron chi connectivity index (χ2n) is 4.50. The molecule has 0 saturated carbocycles. The summed E-state index contributed by atoms with van der Waals surface area (Å²) in [4.78, 5) is 11.9. The number of carbonyl (C=O) groups is 1. The van der Waals surface area contributed by atoms with E-state index in [1.807, 2.05) is 60.3 Å². The molecule has 0 spiro atoms. The summed E-state index contributed by atoms with van der Waals surface area (Å²) in [6.45, 7) is 0. The first-order valence-electron chi connectivity index (χ1n) is 6.32. The van der Waals surface area contributed by atoms with Crippen LogP contribution in [-0.4, -0.2) is 10.7 Å². The van der Waals surface area contributed by atoms with Crippen molar-refractivity contribution in [1.82, 2.24) is 4.57 Å². The fourth-order valence-corrected chi connectivity index (χ4v) is 2.17. The van der Waals surface area contributed by atoms with Crippen molar-refractivity contribution in [3.63, 3.8) is 0 Å². The van der Waals surface area contributed by atoms with Gasteiger partial charge in [0.2, 0.25) is 0 Å². The van der Waals surface area contributed by atoms with Gasteiger partial charge in [-0.15, -0.1) is 0 Å². The van der Waals surface area contributed by atoms with Crippen LogP contribution in [0.15, 0.2) is 60.8 Å². The van der Waals surface area contributed by atoms with Crippen molar-refractivity contribution in [2.24, 2.45) is 7.05 Å². The minimum absolute atomic E-state index is 0.493. The first kappa shape index (κ1) is 12.3. The summed E-state index contributed by atoms with van der Waals surface area (Å²) in [6.07, 6.45) is 1.38. The molecular formula is C16H14N2O2. The molecule has 0 radical (unpaired) electrons. The van der Waals surface area contributed by atoms with Gasteiger partial charge in [0.15, 0.2) is 0 Å². The number of aryl methyl sites for hydroxylation is 1. The summed E-state index contributed by atoms with van der Waals surface area (Å²) in [5.74, 6) is 0.519. The Bertz CT molecular complexity index is 748. The van der Waals surface area contributed by atoms with Gasteiger partial charge in [0.25, 0.3) is 0 Å². The van der Waals surface area contributed by atoms with Crippen LogP contribution in [0.2, 0.25) is 0 Å². The number of amides is 1. The predicted octanol–water partition coefficient (Wildman–Crippen LogP) is 3.79. The van der Waals surface area contributed by atoms with Crippen molar-refractivity contribution >= 4 is 22.7 Å². The topological polar surface area (TPSA) is 43.3 Å². The lowest BCUT2D eigenvalue weighted by molar-refractivity contribution is 0.215. The molecule has 1 amide bonds. The number of hydrogen-bond donors (Lipinski definition) is 1. The van der Waals surface area contributed by atoms with Crippen LogP contribution in [0.3, 0.4) is 0 Å². The first-order valence-corrected chi connectivity index (χ1v) is 6.32.